The Labute approximate surface area is 158 Å². The molecular formula is C18H25N3O5S. The van der Waals surface area contributed by atoms with Crippen molar-refractivity contribution in [1.82, 2.24) is 9.55 Å². The van der Waals surface area contributed by atoms with Crippen molar-refractivity contribution in [1.29, 1.82) is 0 Å². The molecule has 2 aromatic heterocycles. The molecule has 0 aliphatic heterocycles. The van der Waals surface area contributed by atoms with Gasteiger partial charge in [-0.3, -0.25) is 4.55 Å². The molecule has 0 bridgehead atoms. The number of pyridine rings is 1. The lowest BCUT2D eigenvalue weighted by Gasteiger charge is -2.29. The Morgan fingerprint density at radius 2 is 2.07 bits per heavy atom. The number of carbonyl (C=O) groups excluding carboxylic acids is 1. The molecule has 148 valence electrons. The summed E-state index contributed by atoms with van der Waals surface area (Å²) in [4.78, 5) is 16.7. The molecule has 0 aromatic carbocycles. The molecule has 1 aliphatic carbocycles. The van der Waals surface area contributed by atoms with E-state index in [4.69, 9.17) is 9.29 Å². The van der Waals surface area contributed by atoms with E-state index in [2.05, 4.69) is 10.3 Å². The second-order valence-corrected chi connectivity index (χ2v) is 8.54. The number of hydrogen-bond donors (Lipinski definition) is 2. The summed E-state index contributed by atoms with van der Waals surface area (Å²) in [6.45, 7) is 2.04. The van der Waals surface area contributed by atoms with E-state index < -0.39 is 16.1 Å². The molecule has 0 atom stereocenters. The van der Waals surface area contributed by atoms with Crippen LogP contribution >= 0.6 is 0 Å². The topological polar surface area (TPSA) is 111 Å². The van der Waals surface area contributed by atoms with Crippen LogP contribution in [0.25, 0.3) is 11.0 Å². The summed E-state index contributed by atoms with van der Waals surface area (Å²) >= 11 is 0. The molecule has 9 heteroatoms. The molecule has 3 rings (SSSR count). The maximum absolute atomic E-state index is 12.4. The quantitative estimate of drug-likeness (QED) is 0.571. The zero-order valence-electron chi connectivity index (χ0n) is 15.5. The number of aryl methyl sites for hydroxylation is 1. The van der Waals surface area contributed by atoms with Crippen molar-refractivity contribution in [2.24, 2.45) is 13.0 Å². The van der Waals surface area contributed by atoms with Crippen LogP contribution in [0.3, 0.4) is 0 Å². The fraction of sp³-hybridized carbons (Fsp3) is 0.556. The van der Waals surface area contributed by atoms with Gasteiger partial charge in [-0.05, 0) is 44.6 Å². The smallest absolute Gasteiger partial charge is 0.341 e. The molecule has 1 saturated carbocycles. The molecule has 0 saturated heterocycles. The summed E-state index contributed by atoms with van der Waals surface area (Å²) in [5, 5.41) is 4.31. The van der Waals surface area contributed by atoms with Gasteiger partial charge in [0.15, 0.2) is 0 Å². The Kier molecular flexibility index (Phi) is 5.71. The number of esters is 1. The van der Waals surface area contributed by atoms with Gasteiger partial charge in [0.2, 0.25) is 0 Å². The average Bonchev–Trinajstić information content (AvgIpc) is 2.97. The first-order chi connectivity index (χ1) is 12.8. The lowest BCUT2D eigenvalue weighted by molar-refractivity contribution is 0.0527. The molecule has 2 N–H and O–H groups in total. The Hall–Kier alpha value is -2.13. The molecule has 1 aliphatic rings. The van der Waals surface area contributed by atoms with Gasteiger partial charge in [-0.15, -0.1) is 0 Å². The van der Waals surface area contributed by atoms with Crippen molar-refractivity contribution in [3.63, 3.8) is 0 Å². The van der Waals surface area contributed by atoms with Crippen molar-refractivity contribution in [2.45, 2.75) is 38.6 Å². The van der Waals surface area contributed by atoms with Gasteiger partial charge in [-0.1, -0.05) is 0 Å². The van der Waals surface area contributed by atoms with Gasteiger partial charge in [-0.2, -0.15) is 8.42 Å². The van der Waals surface area contributed by atoms with E-state index in [9.17, 15) is 13.2 Å². The molecule has 0 radical (unpaired) electrons. The highest BCUT2D eigenvalue weighted by Gasteiger charge is 2.27. The number of anilines is 1. The number of nitrogens with zero attached hydrogens (tertiary/aromatic N) is 2. The molecular weight excluding hydrogens is 370 g/mol. The highest BCUT2D eigenvalue weighted by atomic mass is 32.2. The number of ether oxygens (including phenoxy) is 1. The van der Waals surface area contributed by atoms with Gasteiger partial charge in [-0.25, -0.2) is 9.78 Å². The summed E-state index contributed by atoms with van der Waals surface area (Å²) in [6.07, 6.45) is 6.36. The second-order valence-electron chi connectivity index (χ2n) is 7.04. The summed E-state index contributed by atoms with van der Waals surface area (Å²) in [5.41, 5.74) is 1.87. The predicted octanol–water partition coefficient (Wildman–Crippen LogP) is 2.61. The van der Waals surface area contributed by atoms with Crippen molar-refractivity contribution >= 4 is 32.8 Å². The highest BCUT2D eigenvalue weighted by Crippen LogP contribution is 2.32. The van der Waals surface area contributed by atoms with Crippen LogP contribution < -0.4 is 5.32 Å². The first kappa shape index (κ1) is 19.6. The van der Waals surface area contributed by atoms with Gasteiger partial charge < -0.3 is 14.6 Å². The van der Waals surface area contributed by atoms with Crippen LogP contribution in [-0.4, -0.2) is 46.9 Å². The van der Waals surface area contributed by atoms with E-state index in [-0.39, 0.29) is 24.3 Å². The van der Waals surface area contributed by atoms with Crippen molar-refractivity contribution < 1.29 is 22.5 Å². The molecule has 27 heavy (non-hydrogen) atoms. The van der Waals surface area contributed by atoms with Crippen LogP contribution in [0.5, 0.6) is 0 Å². The molecule has 0 unspecified atom stereocenters. The SMILES string of the molecule is CCOC(=O)c1cnc2c(ccn2C)c1NC1CCC(CS(=O)(=O)O)CC1. The monoisotopic (exact) mass is 395 g/mol. The third-order valence-corrected chi connectivity index (χ3v) is 5.92. The first-order valence-electron chi connectivity index (χ1n) is 9.11. The van der Waals surface area contributed by atoms with Crippen molar-refractivity contribution in [2.75, 3.05) is 17.7 Å². The van der Waals surface area contributed by atoms with Gasteiger partial charge in [0.25, 0.3) is 10.1 Å². The number of hydrogen-bond acceptors (Lipinski definition) is 6. The van der Waals surface area contributed by atoms with Gasteiger partial charge in [0, 0.05) is 30.9 Å². The normalized spacial score (nSPS) is 20.6. The molecule has 2 heterocycles. The minimum absolute atomic E-state index is 0.0308. The largest absolute Gasteiger partial charge is 0.462 e. The molecule has 2 aromatic rings. The zero-order valence-corrected chi connectivity index (χ0v) is 16.3. The fourth-order valence-corrected chi connectivity index (χ4v) is 4.64. The standard InChI is InChI=1S/C18H25N3O5S/c1-3-26-18(22)15-10-19-17-14(8-9-21(17)2)16(15)20-13-6-4-12(5-7-13)11-27(23,24)25/h8-10,12-13H,3-7,11H2,1-2H3,(H,19,20)(H,23,24,25). The number of rotatable bonds is 6. The summed E-state index contributed by atoms with van der Waals surface area (Å²) < 4.78 is 38.3. The summed E-state index contributed by atoms with van der Waals surface area (Å²) in [5.74, 6) is -0.638. The zero-order chi connectivity index (χ0) is 19.6. The molecule has 1 fully saturated rings. The van der Waals surface area contributed by atoms with Crippen molar-refractivity contribution in [3.8, 4) is 0 Å². The van der Waals surface area contributed by atoms with Crippen LogP contribution in [0.2, 0.25) is 0 Å². The van der Waals surface area contributed by atoms with E-state index >= 15 is 0 Å². The third-order valence-electron chi connectivity index (χ3n) is 5.03. The van der Waals surface area contributed by atoms with E-state index in [1.54, 1.807) is 6.92 Å². The van der Waals surface area contributed by atoms with Gasteiger partial charge in [0.05, 0.1) is 18.0 Å². The Morgan fingerprint density at radius 3 is 2.70 bits per heavy atom. The number of aromatic nitrogens is 2. The Bertz CT molecular complexity index is 930. The Balaban J connectivity index is 1.81. The minimum atomic E-state index is -3.94. The number of nitrogens with one attached hydrogen (secondary N) is 1. The van der Waals surface area contributed by atoms with E-state index in [1.807, 2.05) is 23.9 Å². The van der Waals surface area contributed by atoms with Crippen LogP contribution in [0.1, 0.15) is 43.0 Å². The van der Waals surface area contributed by atoms with Gasteiger partial charge in [0.1, 0.15) is 11.2 Å². The summed E-state index contributed by atoms with van der Waals surface area (Å²) in [6, 6.07) is 2.03. The molecule has 8 nitrogen and oxygen atoms in total. The maximum Gasteiger partial charge on any atom is 0.341 e. The van der Waals surface area contributed by atoms with Gasteiger partial charge >= 0.3 is 5.97 Å². The lowest BCUT2D eigenvalue weighted by atomic mass is 9.87. The van der Waals surface area contributed by atoms with E-state index in [0.717, 1.165) is 23.9 Å². The van der Waals surface area contributed by atoms with Crippen LogP contribution in [0.4, 0.5) is 5.69 Å². The predicted molar refractivity (Wildman–Crippen MR) is 102 cm³/mol. The lowest BCUT2D eigenvalue weighted by Crippen LogP contribution is -2.29. The van der Waals surface area contributed by atoms with E-state index in [0.29, 0.717) is 24.1 Å². The Morgan fingerprint density at radius 1 is 1.37 bits per heavy atom. The fourth-order valence-electron chi connectivity index (χ4n) is 3.71. The van der Waals surface area contributed by atoms with Crippen LogP contribution in [0, 0.1) is 5.92 Å². The molecule has 0 amide bonds. The summed E-state index contributed by atoms with van der Waals surface area (Å²) in [7, 11) is -2.05. The third kappa shape index (κ3) is 4.59. The average molecular weight is 395 g/mol. The van der Waals surface area contributed by atoms with Crippen LogP contribution in [0.15, 0.2) is 18.5 Å². The van der Waals surface area contributed by atoms with E-state index in [1.165, 1.54) is 6.20 Å². The first-order valence-corrected chi connectivity index (χ1v) is 10.7. The highest BCUT2D eigenvalue weighted by molar-refractivity contribution is 7.85. The number of carbonyl (C=O) groups is 1. The number of fused-ring (bicyclic) bond motifs is 1. The molecule has 0 spiro atoms. The van der Waals surface area contributed by atoms with Crippen molar-refractivity contribution in [3.05, 3.63) is 24.0 Å². The minimum Gasteiger partial charge on any atom is -0.462 e. The maximum atomic E-state index is 12.4. The van der Waals surface area contributed by atoms with Crippen LogP contribution in [-0.2, 0) is 21.9 Å². The second kappa shape index (κ2) is 7.85.